The second-order valence-corrected chi connectivity index (χ2v) is 5.69. The fraction of sp³-hybridized carbons (Fsp3) is 0.625. The molecule has 0 amide bonds. The van der Waals surface area contributed by atoms with Crippen LogP contribution in [-0.2, 0) is 6.42 Å². The van der Waals surface area contributed by atoms with Gasteiger partial charge in [-0.15, -0.1) is 0 Å². The standard InChI is InChI=1S/C16H25F2NO2/c1-4-12(2)19-16(3,11-20)10-9-13-5-7-14(8-6-13)21-15(17)18/h5-8,12,15,19-20H,4,9-11H2,1-3H3. The number of alkyl halides is 2. The van der Waals surface area contributed by atoms with Crippen molar-refractivity contribution in [1.29, 1.82) is 0 Å². The van der Waals surface area contributed by atoms with Crippen LogP contribution in [-0.4, -0.2) is 29.9 Å². The summed E-state index contributed by atoms with van der Waals surface area (Å²) in [5.41, 5.74) is 0.690. The Kier molecular flexibility index (Phi) is 7.05. The van der Waals surface area contributed by atoms with E-state index in [1.807, 2.05) is 6.92 Å². The van der Waals surface area contributed by atoms with Crippen LogP contribution in [0.5, 0.6) is 5.75 Å². The molecule has 1 rings (SSSR count). The van der Waals surface area contributed by atoms with E-state index in [1.54, 1.807) is 24.3 Å². The molecule has 2 N–H and O–H groups in total. The van der Waals surface area contributed by atoms with Gasteiger partial charge in [-0.2, -0.15) is 8.78 Å². The van der Waals surface area contributed by atoms with E-state index in [4.69, 9.17) is 0 Å². The van der Waals surface area contributed by atoms with E-state index in [2.05, 4.69) is 23.9 Å². The molecule has 0 spiro atoms. The minimum absolute atomic E-state index is 0.0594. The molecule has 0 radical (unpaired) electrons. The first-order valence-corrected chi connectivity index (χ1v) is 7.31. The molecular formula is C16H25F2NO2. The second kappa shape index (κ2) is 8.29. The molecular weight excluding hydrogens is 276 g/mol. The van der Waals surface area contributed by atoms with Crippen LogP contribution in [0.3, 0.4) is 0 Å². The Morgan fingerprint density at radius 2 is 1.90 bits per heavy atom. The molecule has 1 aromatic rings. The molecule has 3 nitrogen and oxygen atoms in total. The van der Waals surface area contributed by atoms with Gasteiger partial charge in [0.2, 0.25) is 0 Å². The lowest BCUT2D eigenvalue weighted by Crippen LogP contribution is -2.50. The van der Waals surface area contributed by atoms with Crippen molar-refractivity contribution in [1.82, 2.24) is 5.32 Å². The van der Waals surface area contributed by atoms with E-state index >= 15 is 0 Å². The maximum absolute atomic E-state index is 12.1. The molecule has 2 atom stereocenters. The fourth-order valence-corrected chi connectivity index (χ4v) is 2.15. The number of nitrogens with one attached hydrogen (secondary N) is 1. The lowest BCUT2D eigenvalue weighted by atomic mass is 9.93. The minimum atomic E-state index is -2.80. The van der Waals surface area contributed by atoms with Gasteiger partial charge in [-0.05, 0) is 50.8 Å². The molecule has 0 saturated carbocycles. The Bertz CT molecular complexity index is 411. The summed E-state index contributed by atoms with van der Waals surface area (Å²) in [7, 11) is 0. The summed E-state index contributed by atoms with van der Waals surface area (Å²) >= 11 is 0. The topological polar surface area (TPSA) is 41.5 Å². The van der Waals surface area contributed by atoms with Crippen LogP contribution in [0.2, 0.25) is 0 Å². The maximum Gasteiger partial charge on any atom is 0.387 e. The van der Waals surface area contributed by atoms with Gasteiger partial charge >= 0.3 is 6.61 Å². The summed E-state index contributed by atoms with van der Waals surface area (Å²) in [6.07, 6.45) is 2.52. The monoisotopic (exact) mass is 301 g/mol. The lowest BCUT2D eigenvalue weighted by Gasteiger charge is -2.32. The van der Waals surface area contributed by atoms with Crippen LogP contribution >= 0.6 is 0 Å². The third-order valence-corrected chi connectivity index (χ3v) is 3.67. The van der Waals surface area contributed by atoms with Gasteiger partial charge in [-0.3, -0.25) is 0 Å². The highest BCUT2D eigenvalue weighted by molar-refractivity contribution is 5.27. The van der Waals surface area contributed by atoms with E-state index in [-0.39, 0.29) is 17.9 Å². The largest absolute Gasteiger partial charge is 0.435 e. The Hall–Kier alpha value is -1.20. The quantitative estimate of drug-likeness (QED) is 0.735. The summed E-state index contributed by atoms with van der Waals surface area (Å²) in [6, 6.07) is 6.97. The third kappa shape index (κ3) is 6.40. The van der Waals surface area contributed by atoms with Crippen LogP contribution in [0.15, 0.2) is 24.3 Å². The molecule has 2 unspecified atom stereocenters. The first-order valence-electron chi connectivity index (χ1n) is 7.31. The van der Waals surface area contributed by atoms with Crippen molar-refractivity contribution >= 4 is 0 Å². The molecule has 5 heteroatoms. The second-order valence-electron chi connectivity index (χ2n) is 5.69. The molecule has 21 heavy (non-hydrogen) atoms. The average Bonchev–Trinajstić information content (AvgIpc) is 2.46. The molecule has 1 aromatic carbocycles. The van der Waals surface area contributed by atoms with E-state index < -0.39 is 6.61 Å². The minimum Gasteiger partial charge on any atom is -0.435 e. The van der Waals surface area contributed by atoms with E-state index in [9.17, 15) is 13.9 Å². The maximum atomic E-state index is 12.1. The zero-order chi connectivity index (χ0) is 15.9. The number of hydrogen-bond acceptors (Lipinski definition) is 3. The van der Waals surface area contributed by atoms with Gasteiger partial charge in [0.1, 0.15) is 5.75 Å². The van der Waals surface area contributed by atoms with Crippen molar-refractivity contribution in [3.63, 3.8) is 0 Å². The summed E-state index contributed by atoms with van der Waals surface area (Å²) in [4.78, 5) is 0. The molecule has 0 heterocycles. The highest BCUT2D eigenvalue weighted by Gasteiger charge is 2.24. The van der Waals surface area contributed by atoms with Crippen molar-refractivity contribution in [3.05, 3.63) is 29.8 Å². The predicted octanol–water partition coefficient (Wildman–Crippen LogP) is 3.36. The Morgan fingerprint density at radius 3 is 2.38 bits per heavy atom. The fourth-order valence-electron chi connectivity index (χ4n) is 2.15. The summed E-state index contributed by atoms with van der Waals surface area (Å²) < 4.78 is 28.5. The number of aryl methyl sites for hydroxylation is 1. The number of aliphatic hydroxyl groups is 1. The van der Waals surface area contributed by atoms with Crippen molar-refractivity contribution in [2.75, 3.05) is 6.61 Å². The number of hydrogen-bond donors (Lipinski definition) is 2. The number of aliphatic hydroxyl groups excluding tert-OH is 1. The van der Waals surface area contributed by atoms with Gasteiger partial charge in [0, 0.05) is 11.6 Å². The first-order chi connectivity index (χ1) is 9.88. The molecule has 0 saturated heterocycles. The third-order valence-electron chi connectivity index (χ3n) is 3.67. The van der Waals surface area contributed by atoms with Gasteiger partial charge in [-0.25, -0.2) is 0 Å². The lowest BCUT2D eigenvalue weighted by molar-refractivity contribution is -0.0498. The predicted molar refractivity (Wildman–Crippen MR) is 79.8 cm³/mol. The van der Waals surface area contributed by atoms with E-state index in [0.717, 1.165) is 24.8 Å². The molecule has 0 fully saturated rings. The smallest absolute Gasteiger partial charge is 0.387 e. The number of rotatable bonds is 9. The van der Waals surface area contributed by atoms with Gasteiger partial charge < -0.3 is 15.2 Å². The number of ether oxygens (including phenoxy) is 1. The summed E-state index contributed by atoms with van der Waals surface area (Å²) in [5.74, 6) is 0.163. The van der Waals surface area contributed by atoms with Crippen LogP contribution in [0.1, 0.15) is 39.2 Å². The molecule has 0 aromatic heterocycles. The van der Waals surface area contributed by atoms with Crippen LogP contribution in [0.25, 0.3) is 0 Å². The van der Waals surface area contributed by atoms with Crippen LogP contribution in [0, 0.1) is 0 Å². The molecule has 0 bridgehead atoms. The zero-order valence-corrected chi connectivity index (χ0v) is 12.9. The Labute approximate surface area is 125 Å². The van der Waals surface area contributed by atoms with E-state index in [1.165, 1.54) is 0 Å². The van der Waals surface area contributed by atoms with Crippen molar-refractivity contribution in [2.45, 2.75) is 58.2 Å². The molecule has 120 valence electrons. The first kappa shape index (κ1) is 17.9. The van der Waals surface area contributed by atoms with Crippen molar-refractivity contribution in [3.8, 4) is 5.75 Å². The normalized spacial score (nSPS) is 15.8. The van der Waals surface area contributed by atoms with Crippen LogP contribution < -0.4 is 10.1 Å². The van der Waals surface area contributed by atoms with Crippen LogP contribution in [0.4, 0.5) is 8.78 Å². The molecule has 0 aliphatic heterocycles. The summed E-state index contributed by atoms with van der Waals surface area (Å²) in [6.45, 7) is 3.44. The SMILES string of the molecule is CCC(C)NC(C)(CO)CCc1ccc(OC(F)F)cc1. The Morgan fingerprint density at radius 1 is 1.29 bits per heavy atom. The van der Waals surface area contributed by atoms with Gasteiger partial charge in [0.05, 0.1) is 6.61 Å². The van der Waals surface area contributed by atoms with Gasteiger partial charge in [0.25, 0.3) is 0 Å². The van der Waals surface area contributed by atoms with Gasteiger partial charge in [-0.1, -0.05) is 19.1 Å². The zero-order valence-electron chi connectivity index (χ0n) is 12.9. The van der Waals surface area contributed by atoms with E-state index in [0.29, 0.717) is 6.04 Å². The average molecular weight is 301 g/mol. The van der Waals surface area contributed by atoms with Crippen molar-refractivity contribution < 1.29 is 18.6 Å². The highest BCUT2D eigenvalue weighted by Crippen LogP contribution is 2.19. The Balaban J connectivity index is 2.56. The van der Waals surface area contributed by atoms with Gasteiger partial charge in [0.15, 0.2) is 0 Å². The molecule has 0 aliphatic carbocycles. The number of halogens is 2. The van der Waals surface area contributed by atoms with Crippen molar-refractivity contribution in [2.24, 2.45) is 0 Å². The molecule has 0 aliphatic rings. The number of benzene rings is 1. The highest BCUT2D eigenvalue weighted by atomic mass is 19.3. The summed E-state index contributed by atoms with van der Waals surface area (Å²) in [5, 5.41) is 13.0.